The summed E-state index contributed by atoms with van der Waals surface area (Å²) in [7, 11) is -2.43. The van der Waals surface area contributed by atoms with Crippen LogP contribution in [0.5, 0.6) is 5.75 Å². The minimum atomic E-state index is -3.88. The van der Waals surface area contributed by atoms with E-state index in [-0.39, 0.29) is 29.0 Å². The van der Waals surface area contributed by atoms with Gasteiger partial charge in [0.15, 0.2) is 9.84 Å². The lowest BCUT2D eigenvalue weighted by atomic mass is 10.1. The Morgan fingerprint density at radius 3 is 2.07 bits per heavy atom. The lowest BCUT2D eigenvalue weighted by Gasteiger charge is -2.18. The van der Waals surface area contributed by atoms with E-state index in [2.05, 4.69) is 0 Å². The molecular weight excluding hydrogens is 398 g/mol. The first-order valence-corrected chi connectivity index (χ1v) is 10.4. The van der Waals surface area contributed by atoms with Crippen molar-refractivity contribution in [3.63, 3.8) is 0 Å². The van der Waals surface area contributed by atoms with Gasteiger partial charge in [-0.2, -0.15) is 0 Å². The summed E-state index contributed by atoms with van der Waals surface area (Å²) >= 11 is 0. The van der Waals surface area contributed by atoms with Crippen molar-refractivity contribution >= 4 is 27.6 Å². The van der Waals surface area contributed by atoms with E-state index in [1.165, 1.54) is 43.5 Å². The van der Waals surface area contributed by atoms with Gasteiger partial charge in [0.2, 0.25) is 0 Å². The first kappa shape index (κ1) is 20.5. The van der Waals surface area contributed by atoms with Gasteiger partial charge in [-0.1, -0.05) is 12.1 Å². The molecule has 1 aliphatic rings. The number of aliphatic carboxylic acids is 1. The fourth-order valence-electron chi connectivity index (χ4n) is 3.15. The van der Waals surface area contributed by atoms with Crippen LogP contribution in [0.4, 0.5) is 0 Å². The number of sulfone groups is 1. The van der Waals surface area contributed by atoms with Crippen LogP contribution in [-0.2, 0) is 14.6 Å². The van der Waals surface area contributed by atoms with Crippen molar-refractivity contribution in [2.45, 2.75) is 11.3 Å². The number of fused-ring (bicyclic) bond motifs is 1. The van der Waals surface area contributed by atoms with Crippen LogP contribution in [0.3, 0.4) is 0 Å². The molecule has 9 heteroatoms. The van der Waals surface area contributed by atoms with Crippen LogP contribution in [0, 0.1) is 5.92 Å². The summed E-state index contributed by atoms with van der Waals surface area (Å²) in [5, 5.41) is 9.47. The molecule has 0 aromatic heterocycles. The Kier molecular flexibility index (Phi) is 5.69. The topological polar surface area (TPSA) is 118 Å². The molecular formula is C20H19NO7S. The molecule has 3 rings (SSSR count). The minimum absolute atomic E-state index is 0.0229. The summed E-state index contributed by atoms with van der Waals surface area (Å²) in [5.41, 5.74) is 0.519. The zero-order valence-electron chi connectivity index (χ0n) is 15.6. The van der Waals surface area contributed by atoms with Crippen LogP contribution in [-0.4, -0.2) is 55.6 Å². The predicted octanol–water partition coefficient (Wildman–Crippen LogP) is 1.86. The van der Waals surface area contributed by atoms with Gasteiger partial charge in [-0.3, -0.25) is 19.3 Å². The average Bonchev–Trinajstić information content (AvgIpc) is 2.95. The summed E-state index contributed by atoms with van der Waals surface area (Å²) in [6, 6.07) is 12.0. The minimum Gasteiger partial charge on any atom is -0.497 e. The van der Waals surface area contributed by atoms with E-state index in [0.29, 0.717) is 5.75 Å². The summed E-state index contributed by atoms with van der Waals surface area (Å²) < 4.78 is 30.2. The molecule has 0 saturated carbocycles. The Labute approximate surface area is 167 Å². The molecule has 2 aromatic carbocycles. The summed E-state index contributed by atoms with van der Waals surface area (Å²) in [5.74, 6) is -3.76. The Hall–Kier alpha value is -3.20. The molecule has 152 valence electrons. The first-order valence-electron chi connectivity index (χ1n) is 8.79. The Morgan fingerprint density at radius 1 is 1.03 bits per heavy atom. The number of carbonyl (C=O) groups excluding carboxylic acids is 2. The normalized spacial score (nSPS) is 14.6. The molecule has 2 amide bonds. The van der Waals surface area contributed by atoms with Crippen LogP contribution in [0.25, 0.3) is 0 Å². The van der Waals surface area contributed by atoms with Gasteiger partial charge in [-0.05, 0) is 42.8 Å². The molecule has 1 aliphatic heterocycles. The number of carboxylic acid groups (broad SMARTS) is 1. The molecule has 2 aromatic rings. The third-order valence-corrected chi connectivity index (χ3v) is 6.60. The maximum Gasteiger partial charge on any atom is 0.307 e. The van der Waals surface area contributed by atoms with E-state index in [1.807, 2.05) is 0 Å². The standard InChI is InChI=1S/C20H19NO7S/c1-28-14-6-8-15(9-7-14)29(26,27)12-13(20(24)25)10-11-21-18(22)16-4-2-3-5-17(16)19(21)23/h2-9,13H,10-12H2,1H3,(H,24,25). The fourth-order valence-corrected chi connectivity index (χ4v) is 4.73. The average molecular weight is 417 g/mol. The summed E-state index contributed by atoms with van der Waals surface area (Å²) in [4.78, 5) is 37.3. The largest absolute Gasteiger partial charge is 0.497 e. The van der Waals surface area contributed by atoms with Gasteiger partial charge < -0.3 is 9.84 Å². The van der Waals surface area contributed by atoms with Crippen LogP contribution in [0.2, 0.25) is 0 Å². The van der Waals surface area contributed by atoms with Crippen molar-refractivity contribution in [1.29, 1.82) is 0 Å². The maximum atomic E-state index is 12.6. The SMILES string of the molecule is COc1ccc(S(=O)(=O)CC(CCN2C(=O)c3ccccc3C2=O)C(=O)O)cc1. The molecule has 1 heterocycles. The molecule has 0 radical (unpaired) electrons. The van der Waals surface area contributed by atoms with Gasteiger partial charge in [-0.25, -0.2) is 8.42 Å². The van der Waals surface area contributed by atoms with Crippen LogP contribution >= 0.6 is 0 Å². The molecule has 1 N–H and O–H groups in total. The highest BCUT2D eigenvalue weighted by Gasteiger charge is 2.36. The number of amides is 2. The number of ether oxygens (including phenoxy) is 1. The van der Waals surface area contributed by atoms with Crippen molar-refractivity contribution in [3.8, 4) is 5.75 Å². The highest BCUT2D eigenvalue weighted by atomic mass is 32.2. The zero-order chi connectivity index (χ0) is 21.2. The number of benzene rings is 2. The molecule has 0 aliphatic carbocycles. The van der Waals surface area contributed by atoms with E-state index in [0.717, 1.165) is 4.90 Å². The van der Waals surface area contributed by atoms with Crippen LogP contribution in [0.1, 0.15) is 27.1 Å². The molecule has 1 atom stereocenters. The second-order valence-corrected chi connectivity index (χ2v) is 8.62. The Balaban J connectivity index is 1.72. The maximum absolute atomic E-state index is 12.6. The molecule has 1 unspecified atom stereocenters. The van der Waals surface area contributed by atoms with Crippen molar-refractivity contribution in [3.05, 3.63) is 59.7 Å². The quantitative estimate of drug-likeness (QED) is 0.651. The van der Waals surface area contributed by atoms with Gasteiger partial charge in [0.25, 0.3) is 11.8 Å². The summed E-state index contributed by atoms with van der Waals surface area (Å²) in [6.45, 7) is -0.179. The monoisotopic (exact) mass is 417 g/mol. The predicted molar refractivity (Wildman–Crippen MR) is 103 cm³/mol. The smallest absolute Gasteiger partial charge is 0.307 e. The van der Waals surface area contributed by atoms with Crippen LogP contribution in [0.15, 0.2) is 53.4 Å². The molecule has 0 saturated heterocycles. The van der Waals surface area contributed by atoms with Gasteiger partial charge in [0.1, 0.15) is 5.75 Å². The number of nitrogens with zero attached hydrogens (tertiary/aromatic N) is 1. The molecule has 8 nitrogen and oxygen atoms in total. The molecule has 0 spiro atoms. The lowest BCUT2D eigenvalue weighted by Crippen LogP contribution is -2.34. The van der Waals surface area contributed by atoms with E-state index < -0.39 is 39.3 Å². The third-order valence-electron chi connectivity index (χ3n) is 4.77. The van der Waals surface area contributed by atoms with E-state index >= 15 is 0 Å². The van der Waals surface area contributed by atoms with Gasteiger partial charge in [-0.15, -0.1) is 0 Å². The number of carboxylic acids is 1. The zero-order valence-corrected chi connectivity index (χ0v) is 16.4. The molecule has 0 fully saturated rings. The van der Waals surface area contributed by atoms with E-state index in [4.69, 9.17) is 4.74 Å². The highest BCUT2D eigenvalue weighted by molar-refractivity contribution is 7.91. The van der Waals surface area contributed by atoms with Crippen LogP contribution < -0.4 is 4.74 Å². The number of hydrogen-bond donors (Lipinski definition) is 1. The number of hydrogen-bond acceptors (Lipinski definition) is 6. The summed E-state index contributed by atoms with van der Waals surface area (Å²) in [6.07, 6.45) is -0.170. The van der Waals surface area contributed by atoms with Gasteiger partial charge in [0, 0.05) is 6.54 Å². The van der Waals surface area contributed by atoms with E-state index in [1.54, 1.807) is 12.1 Å². The second kappa shape index (κ2) is 8.04. The lowest BCUT2D eigenvalue weighted by molar-refractivity contribution is -0.141. The Morgan fingerprint density at radius 2 is 1.59 bits per heavy atom. The van der Waals surface area contributed by atoms with Gasteiger partial charge >= 0.3 is 5.97 Å². The highest BCUT2D eigenvalue weighted by Crippen LogP contribution is 2.24. The van der Waals surface area contributed by atoms with E-state index in [9.17, 15) is 27.9 Å². The van der Waals surface area contributed by atoms with Gasteiger partial charge in [0.05, 0.1) is 34.8 Å². The van der Waals surface area contributed by atoms with Crippen molar-refractivity contribution in [1.82, 2.24) is 4.90 Å². The number of carbonyl (C=O) groups is 3. The Bertz CT molecular complexity index is 1030. The fraction of sp³-hybridized carbons (Fsp3) is 0.250. The molecule has 0 bridgehead atoms. The number of imide groups is 1. The third kappa shape index (κ3) is 4.14. The second-order valence-electron chi connectivity index (χ2n) is 6.59. The molecule has 29 heavy (non-hydrogen) atoms. The van der Waals surface area contributed by atoms with Crippen molar-refractivity contribution in [2.75, 3.05) is 19.4 Å². The van der Waals surface area contributed by atoms with Crippen molar-refractivity contribution < 1.29 is 32.6 Å². The van der Waals surface area contributed by atoms with Crippen molar-refractivity contribution in [2.24, 2.45) is 5.92 Å². The number of rotatable bonds is 8. The first-order chi connectivity index (χ1) is 13.7. The number of methoxy groups -OCH3 is 1.